The number of benzene rings is 2. The molecule has 168 valence electrons. The van der Waals surface area contributed by atoms with Crippen LogP contribution in [-0.4, -0.2) is 32.2 Å². The van der Waals surface area contributed by atoms with Gasteiger partial charge in [-0.1, -0.05) is 17.8 Å². The Labute approximate surface area is 192 Å². The molecule has 0 saturated carbocycles. The molecule has 0 bridgehead atoms. The van der Waals surface area contributed by atoms with E-state index in [9.17, 15) is 9.59 Å². The summed E-state index contributed by atoms with van der Waals surface area (Å²) in [7, 11) is 0. The second kappa shape index (κ2) is 10.5. The van der Waals surface area contributed by atoms with E-state index in [4.69, 9.17) is 4.74 Å². The SMILES string of the molecule is CCn1c(SCC(=O)Nc2ccc(C(C)=O)cc2)nnc1C(C)Oc1cc(C)cc(C)c1. The molecule has 1 amide bonds. The highest BCUT2D eigenvalue weighted by molar-refractivity contribution is 7.99. The molecule has 1 atom stereocenters. The average molecular weight is 453 g/mol. The van der Waals surface area contributed by atoms with Gasteiger partial charge in [0.15, 0.2) is 22.9 Å². The van der Waals surface area contributed by atoms with Gasteiger partial charge in [0.2, 0.25) is 5.91 Å². The van der Waals surface area contributed by atoms with E-state index in [1.165, 1.54) is 18.7 Å². The van der Waals surface area contributed by atoms with Crippen molar-refractivity contribution in [3.63, 3.8) is 0 Å². The zero-order valence-electron chi connectivity index (χ0n) is 19.0. The molecule has 1 unspecified atom stereocenters. The lowest BCUT2D eigenvalue weighted by atomic mass is 10.1. The number of aryl methyl sites for hydroxylation is 2. The van der Waals surface area contributed by atoms with Crippen LogP contribution < -0.4 is 10.1 Å². The predicted octanol–water partition coefficient (Wildman–Crippen LogP) is 4.99. The van der Waals surface area contributed by atoms with Crippen LogP contribution in [0.1, 0.15) is 54.2 Å². The summed E-state index contributed by atoms with van der Waals surface area (Å²) < 4.78 is 8.08. The Kier molecular flexibility index (Phi) is 7.69. The topological polar surface area (TPSA) is 86.1 Å². The molecule has 3 aromatic rings. The van der Waals surface area contributed by atoms with Crippen LogP contribution in [0, 0.1) is 13.8 Å². The number of rotatable bonds is 9. The van der Waals surface area contributed by atoms with Crippen LogP contribution in [0.25, 0.3) is 0 Å². The van der Waals surface area contributed by atoms with Crippen molar-refractivity contribution in [1.82, 2.24) is 14.8 Å². The third-order valence-electron chi connectivity index (χ3n) is 4.84. The highest BCUT2D eigenvalue weighted by atomic mass is 32.2. The van der Waals surface area contributed by atoms with Gasteiger partial charge in [0.1, 0.15) is 5.75 Å². The van der Waals surface area contributed by atoms with Gasteiger partial charge in [-0.25, -0.2) is 0 Å². The number of hydrogen-bond acceptors (Lipinski definition) is 6. The van der Waals surface area contributed by atoms with Crippen LogP contribution in [-0.2, 0) is 11.3 Å². The molecule has 0 spiro atoms. The van der Waals surface area contributed by atoms with Crippen molar-refractivity contribution in [3.8, 4) is 5.75 Å². The first kappa shape index (κ1) is 23.5. The second-order valence-corrected chi connectivity index (χ2v) is 8.58. The number of nitrogens with one attached hydrogen (secondary N) is 1. The van der Waals surface area contributed by atoms with Crippen LogP contribution in [0.2, 0.25) is 0 Å². The Morgan fingerprint density at radius 2 is 1.75 bits per heavy atom. The van der Waals surface area contributed by atoms with Gasteiger partial charge in [0.25, 0.3) is 0 Å². The second-order valence-electron chi connectivity index (χ2n) is 7.64. The lowest BCUT2D eigenvalue weighted by Crippen LogP contribution is -2.15. The molecule has 0 aliphatic carbocycles. The molecule has 0 fully saturated rings. The van der Waals surface area contributed by atoms with Gasteiger partial charge in [0, 0.05) is 17.8 Å². The third kappa shape index (κ3) is 5.97. The summed E-state index contributed by atoms with van der Waals surface area (Å²) in [5.41, 5.74) is 3.54. The molecule has 1 heterocycles. The van der Waals surface area contributed by atoms with E-state index < -0.39 is 0 Å². The van der Waals surface area contributed by atoms with E-state index in [0.717, 1.165) is 22.7 Å². The zero-order chi connectivity index (χ0) is 23.3. The fraction of sp³-hybridized carbons (Fsp3) is 0.333. The molecule has 1 aromatic heterocycles. The standard InChI is InChI=1S/C24H28N4O3S/c1-6-28-23(18(5)31-21-12-15(2)11-16(3)13-21)26-27-24(28)32-14-22(30)25-20-9-7-19(8-10-20)17(4)29/h7-13,18H,6,14H2,1-5H3,(H,25,30). The normalized spacial score (nSPS) is 11.8. The zero-order valence-corrected chi connectivity index (χ0v) is 19.8. The van der Waals surface area contributed by atoms with Crippen molar-refractivity contribution >= 4 is 29.1 Å². The first-order valence-electron chi connectivity index (χ1n) is 10.5. The highest BCUT2D eigenvalue weighted by Crippen LogP contribution is 2.26. The Hall–Kier alpha value is -3.13. The molecule has 0 aliphatic rings. The van der Waals surface area contributed by atoms with E-state index in [0.29, 0.717) is 23.0 Å². The highest BCUT2D eigenvalue weighted by Gasteiger charge is 2.19. The lowest BCUT2D eigenvalue weighted by molar-refractivity contribution is -0.113. The number of aromatic nitrogens is 3. The summed E-state index contributed by atoms with van der Waals surface area (Å²) in [5.74, 6) is 1.54. The van der Waals surface area contributed by atoms with E-state index in [2.05, 4.69) is 21.6 Å². The quantitative estimate of drug-likeness (QED) is 0.364. The molecular formula is C24H28N4O3S. The van der Waals surface area contributed by atoms with Crippen LogP contribution in [0.3, 0.4) is 0 Å². The van der Waals surface area contributed by atoms with E-state index >= 15 is 0 Å². The molecule has 2 aromatic carbocycles. The van der Waals surface area contributed by atoms with Gasteiger partial charge in [-0.15, -0.1) is 10.2 Å². The number of carbonyl (C=O) groups excluding carboxylic acids is 2. The third-order valence-corrected chi connectivity index (χ3v) is 5.81. The summed E-state index contributed by atoms with van der Waals surface area (Å²) in [6.07, 6.45) is -0.286. The molecule has 3 rings (SSSR count). The van der Waals surface area contributed by atoms with Crippen molar-refractivity contribution in [3.05, 3.63) is 65.0 Å². The Morgan fingerprint density at radius 3 is 2.34 bits per heavy atom. The van der Waals surface area contributed by atoms with Crippen molar-refractivity contribution < 1.29 is 14.3 Å². The maximum absolute atomic E-state index is 12.4. The fourth-order valence-electron chi connectivity index (χ4n) is 3.38. The maximum atomic E-state index is 12.4. The number of hydrogen-bond donors (Lipinski definition) is 1. The lowest BCUT2D eigenvalue weighted by Gasteiger charge is -2.16. The largest absolute Gasteiger partial charge is 0.483 e. The van der Waals surface area contributed by atoms with Crippen molar-refractivity contribution in [2.24, 2.45) is 0 Å². The molecule has 0 radical (unpaired) electrons. The van der Waals surface area contributed by atoms with Crippen molar-refractivity contribution in [1.29, 1.82) is 0 Å². The molecular weight excluding hydrogens is 424 g/mol. The number of Topliss-reactive ketones (excluding diaryl/α,β-unsaturated/α-hetero) is 1. The predicted molar refractivity (Wildman–Crippen MR) is 126 cm³/mol. The molecule has 0 saturated heterocycles. The number of ketones is 1. The minimum Gasteiger partial charge on any atom is -0.483 e. The summed E-state index contributed by atoms with van der Waals surface area (Å²) in [4.78, 5) is 23.7. The summed E-state index contributed by atoms with van der Waals surface area (Å²) in [6.45, 7) is 10.2. The van der Waals surface area contributed by atoms with Gasteiger partial charge >= 0.3 is 0 Å². The van der Waals surface area contributed by atoms with Gasteiger partial charge in [-0.05, 0) is 82.1 Å². The Balaban J connectivity index is 1.62. The minimum absolute atomic E-state index is 0.0103. The number of thioether (sulfide) groups is 1. The number of amides is 1. The summed E-state index contributed by atoms with van der Waals surface area (Å²) in [5, 5.41) is 12.1. The average Bonchev–Trinajstić information content (AvgIpc) is 3.15. The van der Waals surface area contributed by atoms with Gasteiger partial charge in [-0.3, -0.25) is 9.59 Å². The van der Waals surface area contributed by atoms with E-state index in [1.807, 2.05) is 44.4 Å². The van der Waals surface area contributed by atoms with Crippen LogP contribution in [0.15, 0.2) is 47.6 Å². The first-order chi connectivity index (χ1) is 15.3. The van der Waals surface area contributed by atoms with Crippen LogP contribution in [0.4, 0.5) is 5.69 Å². The number of anilines is 1. The van der Waals surface area contributed by atoms with Crippen LogP contribution in [0.5, 0.6) is 5.75 Å². The fourth-order valence-corrected chi connectivity index (χ4v) is 4.19. The van der Waals surface area contributed by atoms with Gasteiger partial charge < -0.3 is 14.6 Å². The Morgan fingerprint density at radius 1 is 1.09 bits per heavy atom. The molecule has 7 nitrogen and oxygen atoms in total. The Bertz CT molecular complexity index is 1090. The number of nitrogens with zero attached hydrogens (tertiary/aromatic N) is 3. The number of carbonyl (C=O) groups is 2. The molecule has 32 heavy (non-hydrogen) atoms. The number of ether oxygens (including phenoxy) is 1. The van der Waals surface area contributed by atoms with Crippen molar-refractivity contribution in [2.75, 3.05) is 11.1 Å². The first-order valence-corrected chi connectivity index (χ1v) is 11.5. The molecule has 8 heteroatoms. The van der Waals surface area contributed by atoms with Gasteiger partial charge in [0.05, 0.1) is 5.75 Å². The maximum Gasteiger partial charge on any atom is 0.234 e. The van der Waals surface area contributed by atoms with E-state index in [1.54, 1.807) is 24.3 Å². The molecule has 1 N–H and O–H groups in total. The van der Waals surface area contributed by atoms with E-state index in [-0.39, 0.29) is 23.5 Å². The van der Waals surface area contributed by atoms with Gasteiger partial charge in [-0.2, -0.15) is 0 Å². The molecule has 0 aliphatic heterocycles. The summed E-state index contributed by atoms with van der Waals surface area (Å²) in [6, 6.07) is 12.9. The monoisotopic (exact) mass is 452 g/mol. The smallest absolute Gasteiger partial charge is 0.234 e. The summed E-state index contributed by atoms with van der Waals surface area (Å²) >= 11 is 1.32. The van der Waals surface area contributed by atoms with Crippen molar-refractivity contribution in [2.45, 2.75) is 52.4 Å². The minimum atomic E-state index is -0.286. The van der Waals surface area contributed by atoms with Crippen LogP contribution >= 0.6 is 11.8 Å².